The SMILES string of the molecule is CC(OC(=O)O)OC(=O)[C@]1(N)CCC2C1[C@H]2C(=O)O. The number of carbonyl (C=O) groups excluding carboxylic acids is 1. The molecular formula is C11H15NO7. The number of hydrogen-bond acceptors (Lipinski definition) is 6. The van der Waals surface area contributed by atoms with Gasteiger partial charge in [-0.05, 0) is 18.8 Å². The fraction of sp³-hybridized carbons (Fsp3) is 0.727. The Morgan fingerprint density at radius 1 is 1.32 bits per heavy atom. The standard InChI is InChI=1S/C11H15NO7/c1-4(19-10(16)17)18-9(15)11(12)3-2-5-6(7(5)11)8(13)14/h4-7H,2-3,12H2,1H3,(H,13,14)(H,16,17)/t4?,5?,6-,7?,11-/m0/s1. The number of aliphatic carboxylic acids is 1. The van der Waals surface area contributed by atoms with Crippen molar-refractivity contribution in [1.82, 2.24) is 0 Å². The summed E-state index contributed by atoms with van der Waals surface area (Å²) in [7, 11) is 0. The molecule has 0 aromatic carbocycles. The first-order chi connectivity index (χ1) is 8.77. The number of hydrogen-bond donors (Lipinski definition) is 3. The van der Waals surface area contributed by atoms with Gasteiger partial charge in [0.15, 0.2) is 0 Å². The molecule has 3 unspecified atom stereocenters. The summed E-state index contributed by atoms with van der Waals surface area (Å²) in [6.07, 6.45) is -1.94. The Morgan fingerprint density at radius 2 is 1.95 bits per heavy atom. The van der Waals surface area contributed by atoms with E-state index in [0.29, 0.717) is 12.8 Å². The molecule has 0 aromatic rings. The summed E-state index contributed by atoms with van der Waals surface area (Å²) in [6.45, 7) is 1.25. The highest BCUT2D eigenvalue weighted by Gasteiger charge is 2.70. The predicted molar refractivity (Wildman–Crippen MR) is 58.9 cm³/mol. The van der Waals surface area contributed by atoms with Crippen LogP contribution in [0.25, 0.3) is 0 Å². The van der Waals surface area contributed by atoms with Gasteiger partial charge in [-0.25, -0.2) is 9.59 Å². The zero-order chi connectivity index (χ0) is 14.4. The van der Waals surface area contributed by atoms with Gasteiger partial charge in [0.25, 0.3) is 0 Å². The fourth-order valence-electron chi connectivity index (χ4n) is 3.01. The topological polar surface area (TPSA) is 136 Å². The van der Waals surface area contributed by atoms with Crippen molar-refractivity contribution in [2.75, 3.05) is 0 Å². The van der Waals surface area contributed by atoms with Crippen LogP contribution in [0.15, 0.2) is 0 Å². The maximum absolute atomic E-state index is 12.0. The van der Waals surface area contributed by atoms with Gasteiger partial charge < -0.3 is 25.4 Å². The van der Waals surface area contributed by atoms with Crippen LogP contribution in [-0.4, -0.2) is 40.1 Å². The summed E-state index contributed by atoms with van der Waals surface area (Å²) in [5.41, 5.74) is 4.60. The van der Waals surface area contributed by atoms with E-state index in [1.54, 1.807) is 0 Å². The second-order valence-corrected chi connectivity index (χ2v) is 4.99. The number of fused-ring (bicyclic) bond motifs is 1. The monoisotopic (exact) mass is 273 g/mol. The Balaban J connectivity index is 1.99. The summed E-state index contributed by atoms with van der Waals surface area (Å²) in [5.74, 6) is -2.91. The molecule has 0 bridgehead atoms. The van der Waals surface area contributed by atoms with Gasteiger partial charge in [0.1, 0.15) is 5.54 Å². The molecule has 0 amide bonds. The zero-order valence-electron chi connectivity index (χ0n) is 10.2. The van der Waals surface area contributed by atoms with Gasteiger partial charge in [0.2, 0.25) is 6.29 Å². The van der Waals surface area contributed by atoms with E-state index >= 15 is 0 Å². The average Bonchev–Trinajstić information content (AvgIpc) is 2.91. The Morgan fingerprint density at radius 3 is 2.42 bits per heavy atom. The highest BCUT2D eigenvalue weighted by Crippen LogP contribution is 2.61. The second kappa shape index (κ2) is 4.37. The van der Waals surface area contributed by atoms with Crippen LogP contribution in [-0.2, 0) is 19.1 Å². The van der Waals surface area contributed by atoms with Gasteiger partial charge in [0, 0.05) is 12.8 Å². The minimum atomic E-state index is -1.56. The van der Waals surface area contributed by atoms with Crippen LogP contribution in [0.2, 0.25) is 0 Å². The van der Waals surface area contributed by atoms with Crippen molar-refractivity contribution in [3.05, 3.63) is 0 Å². The van der Waals surface area contributed by atoms with E-state index in [1.165, 1.54) is 6.92 Å². The van der Waals surface area contributed by atoms with Crippen molar-refractivity contribution in [2.45, 2.75) is 31.6 Å². The molecule has 0 spiro atoms. The number of carboxylic acids is 1. The van der Waals surface area contributed by atoms with Gasteiger partial charge in [-0.2, -0.15) is 0 Å². The van der Waals surface area contributed by atoms with E-state index < -0.39 is 41.8 Å². The lowest BCUT2D eigenvalue weighted by Crippen LogP contribution is -2.51. The smallest absolute Gasteiger partial charge is 0.481 e. The summed E-state index contributed by atoms with van der Waals surface area (Å²) < 4.78 is 9.06. The van der Waals surface area contributed by atoms with Crippen LogP contribution < -0.4 is 5.73 Å². The van der Waals surface area contributed by atoms with Crippen LogP contribution in [0.3, 0.4) is 0 Å². The van der Waals surface area contributed by atoms with Crippen molar-refractivity contribution < 1.29 is 34.1 Å². The molecule has 2 aliphatic carbocycles. The number of rotatable bonds is 4. The first-order valence-corrected chi connectivity index (χ1v) is 5.89. The lowest BCUT2D eigenvalue weighted by Gasteiger charge is -2.26. The van der Waals surface area contributed by atoms with Gasteiger partial charge in [-0.3, -0.25) is 4.79 Å². The molecule has 8 nitrogen and oxygen atoms in total. The fourth-order valence-corrected chi connectivity index (χ4v) is 3.01. The minimum absolute atomic E-state index is 0.0919. The van der Waals surface area contributed by atoms with E-state index in [4.69, 9.17) is 20.7 Å². The van der Waals surface area contributed by atoms with Crippen LogP contribution in [0, 0.1) is 17.8 Å². The summed E-state index contributed by atoms with van der Waals surface area (Å²) in [5, 5.41) is 17.3. The summed E-state index contributed by atoms with van der Waals surface area (Å²) in [4.78, 5) is 33.2. The molecule has 106 valence electrons. The Bertz CT molecular complexity index is 437. The molecule has 0 aliphatic heterocycles. The van der Waals surface area contributed by atoms with E-state index in [0.717, 1.165) is 0 Å². The largest absolute Gasteiger partial charge is 0.508 e. The van der Waals surface area contributed by atoms with Crippen molar-refractivity contribution in [3.63, 3.8) is 0 Å². The van der Waals surface area contributed by atoms with Crippen molar-refractivity contribution in [3.8, 4) is 0 Å². The number of ether oxygens (including phenoxy) is 2. The Hall–Kier alpha value is -1.83. The first-order valence-electron chi connectivity index (χ1n) is 5.89. The average molecular weight is 273 g/mol. The van der Waals surface area contributed by atoms with E-state index in [9.17, 15) is 14.4 Å². The van der Waals surface area contributed by atoms with Crippen molar-refractivity contribution in [2.24, 2.45) is 23.5 Å². The number of nitrogens with two attached hydrogens (primary N) is 1. The normalized spacial score (nSPS) is 37.1. The van der Waals surface area contributed by atoms with Crippen LogP contribution in [0.1, 0.15) is 19.8 Å². The number of carboxylic acid groups (broad SMARTS) is 2. The molecule has 8 heteroatoms. The van der Waals surface area contributed by atoms with Crippen LogP contribution in [0.5, 0.6) is 0 Å². The number of carbonyl (C=O) groups is 3. The molecule has 0 heterocycles. The van der Waals surface area contributed by atoms with Gasteiger partial charge in [-0.1, -0.05) is 0 Å². The second-order valence-electron chi connectivity index (χ2n) is 4.99. The molecule has 0 saturated heterocycles. The zero-order valence-corrected chi connectivity index (χ0v) is 10.2. The van der Waals surface area contributed by atoms with Gasteiger partial charge in [-0.15, -0.1) is 0 Å². The minimum Gasteiger partial charge on any atom is -0.481 e. The summed E-state index contributed by atoms with van der Waals surface area (Å²) >= 11 is 0. The molecule has 2 rings (SSSR count). The molecule has 19 heavy (non-hydrogen) atoms. The van der Waals surface area contributed by atoms with E-state index in [2.05, 4.69) is 4.74 Å². The quantitative estimate of drug-likeness (QED) is 0.481. The molecular weight excluding hydrogens is 258 g/mol. The van der Waals surface area contributed by atoms with Gasteiger partial charge in [0.05, 0.1) is 5.92 Å². The maximum Gasteiger partial charge on any atom is 0.508 e. The molecule has 2 fully saturated rings. The van der Waals surface area contributed by atoms with Crippen LogP contribution in [0.4, 0.5) is 4.79 Å². The molecule has 4 N–H and O–H groups in total. The highest BCUT2D eigenvalue weighted by atomic mass is 16.8. The third kappa shape index (κ3) is 2.23. The summed E-state index contributed by atoms with van der Waals surface area (Å²) in [6, 6.07) is 0. The first kappa shape index (κ1) is 13.6. The molecule has 0 aromatic heterocycles. The highest BCUT2D eigenvalue weighted by molar-refractivity contribution is 5.86. The Labute approximate surface area is 108 Å². The molecule has 2 saturated carbocycles. The lowest BCUT2D eigenvalue weighted by molar-refractivity contribution is -0.174. The molecule has 0 radical (unpaired) electrons. The predicted octanol–water partition coefficient (Wildman–Crippen LogP) is 0.00830. The van der Waals surface area contributed by atoms with Crippen LogP contribution >= 0.6 is 0 Å². The van der Waals surface area contributed by atoms with Crippen molar-refractivity contribution >= 4 is 18.1 Å². The van der Waals surface area contributed by atoms with Crippen molar-refractivity contribution in [1.29, 1.82) is 0 Å². The molecule has 5 atom stereocenters. The third-order valence-corrected chi connectivity index (χ3v) is 3.86. The lowest BCUT2D eigenvalue weighted by atomic mass is 9.91. The van der Waals surface area contributed by atoms with E-state index in [-0.39, 0.29) is 5.92 Å². The van der Waals surface area contributed by atoms with Gasteiger partial charge >= 0.3 is 18.1 Å². The maximum atomic E-state index is 12.0. The molecule has 2 aliphatic rings. The third-order valence-electron chi connectivity index (χ3n) is 3.86. The van der Waals surface area contributed by atoms with E-state index in [1.807, 2.05) is 0 Å². The Kier molecular flexibility index (Phi) is 3.13. The number of esters is 1.